The smallest absolute Gasteiger partial charge is 0.255 e. The molecule has 0 fully saturated rings. The van der Waals surface area contributed by atoms with Gasteiger partial charge in [0, 0.05) is 34.9 Å². The summed E-state index contributed by atoms with van der Waals surface area (Å²) in [5.74, 6) is -0.129. The molecule has 0 saturated heterocycles. The summed E-state index contributed by atoms with van der Waals surface area (Å²) in [6.07, 6.45) is 6.47. The lowest BCUT2D eigenvalue weighted by Crippen LogP contribution is -2.11. The predicted octanol–water partition coefficient (Wildman–Crippen LogP) is 5.24. The molecule has 144 valence electrons. The van der Waals surface area contributed by atoms with E-state index in [0.717, 1.165) is 46.5 Å². The fraction of sp³-hybridized carbons (Fsp3) is 0.125. The molecule has 4 rings (SSSR count). The molecular formula is C24H22N4O. The average Bonchev–Trinajstić information content (AvgIpc) is 3.13. The van der Waals surface area contributed by atoms with Crippen LogP contribution in [0.1, 0.15) is 22.5 Å². The molecule has 0 spiro atoms. The van der Waals surface area contributed by atoms with Crippen molar-refractivity contribution in [3.63, 3.8) is 0 Å². The second-order valence-corrected chi connectivity index (χ2v) is 6.87. The normalized spacial score (nSPS) is 10.8. The molecule has 0 radical (unpaired) electrons. The SMILES string of the molecule is C=CCCn1cc(-c2cccc(NC(=O)c3ccccc3)c2)c2c(C)ncnc21. The van der Waals surface area contributed by atoms with E-state index in [0.29, 0.717) is 5.56 Å². The maximum atomic E-state index is 12.5. The molecule has 0 aliphatic rings. The fourth-order valence-corrected chi connectivity index (χ4v) is 3.45. The maximum absolute atomic E-state index is 12.5. The lowest BCUT2D eigenvalue weighted by molar-refractivity contribution is 0.102. The van der Waals surface area contributed by atoms with E-state index in [4.69, 9.17) is 0 Å². The van der Waals surface area contributed by atoms with Gasteiger partial charge in [0.15, 0.2) is 0 Å². The Bertz CT molecular complexity index is 1180. The van der Waals surface area contributed by atoms with Crippen molar-refractivity contribution in [3.05, 3.63) is 91.0 Å². The van der Waals surface area contributed by atoms with Crippen LogP contribution in [0.3, 0.4) is 0 Å². The second-order valence-electron chi connectivity index (χ2n) is 6.87. The number of nitrogens with zero attached hydrogens (tertiary/aromatic N) is 3. The Labute approximate surface area is 169 Å². The number of aromatic nitrogens is 3. The predicted molar refractivity (Wildman–Crippen MR) is 117 cm³/mol. The quantitative estimate of drug-likeness (QED) is 0.464. The number of carbonyl (C=O) groups excluding carboxylic acids is 1. The average molecular weight is 382 g/mol. The van der Waals surface area contributed by atoms with Gasteiger partial charge in [0.05, 0.1) is 5.69 Å². The molecule has 2 heterocycles. The Kier molecular flexibility index (Phi) is 5.20. The van der Waals surface area contributed by atoms with Crippen LogP contribution < -0.4 is 5.32 Å². The van der Waals surface area contributed by atoms with Gasteiger partial charge in [0.25, 0.3) is 5.91 Å². The highest BCUT2D eigenvalue weighted by atomic mass is 16.1. The van der Waals surface area contributed by atoms with E-state index < -0.39 is 0 Å². The molecule has 0 aliphatic heterocycles. The van der Waals surface area contributed by atoms with Gasteiger partial charge in [-0.2, -0.15) is 0 Å². The van der Waals surface area contributed by atoms with Crippen molar-refractivity contribution in [2.45, 2.75) is 19.9 Å². The summed E-state index contributed by atoms with van der Waals surface area (Å²) in [6.45, 7) is 6.62. The summed E-state index contributed by atoms with van der Waals surface area (Å²) < 4.78 is 2.14. The Morgan fingerprint density at radius 3 is 2.76 bits per heavy atom. The Morgan fingerprint density at radius 1 is 1.14 bits per heavy atom. The number of nitrogens with one attached hydrogen (secondary N) is 1. The van der Waals surface area contributed by atoms with Gasteiger partial charge >= 0.3 is 0 Å². The van der Waals surface area contributed by atoms with Crippen LogP contribution in [0, 0.1) is 6.92 Å². The van der Waals surface area contributed by atoms with Crippen molar-refractivity contribution < 1.29 is 4.79 Å². The van der Waals surface area contributed by atoms with Gasteiger partial charge in [0.2, 0.25) is 0 Å². The number of benzene rings is 2. The van der Waals surface area contributed by atoms with Crippen LogP contribution in [-0.4, -0.2) is 20.4 Å². The molecule has 0 atom stereocenters. The summed E-state index contributed by atoms with van der Waals surface area (Å²) in [7, 11) is 0. The van der Waals surface area contributed by atoms with E-state index in [2.05, 4.69) is 32.6 Å². The van der Waals surface area contributed by atoms with E-state index in [1.807, 2.05) is 55.5 Å². The highest BCUT2D eigenvalue weighted by Crippen LogP contribution is 2.32. The highest BCUT2D eigenvalue weighted by Gasteiger charge is 2.15. The fourth-order valence-electron chi connectivity index (χ4n) is 3.45. The minimum Gasteiger partial charge on any atom is -0.331 e. The first kappa shape index (κ1) is 18.6. The van der Waals surface area contributed by atoms with Gasteiger partial charge < -0.3 is 9.88 Å². The number of hydrogen-bond acceptors (Lipinski definition) is 3. The van der Waals surface area contributed by atoms with Crippen molar-refractivity contribution in [1.29, 1.82) is 0 Å². The van der Waals surface area contributed by atoms with Gasteiger partial charge in [-0.1, -0.05) is 36.4 Å². The highest BCUT2D eigenvalue weighted by molar-refractivity contribution is 6.05. The maximum Gasteiger partial charge on any atom is 0.255 e. The molecule has 0 unspecified atom stereocenters. The summed E-state index contributed by atoms with van der Waals surface area (Å²) in [5, 5.41) is 4.01. The molecule has 2 aromatic carbocycles. The molecule has 5 heteroatoms. The van der Waals surface area contributed by atoms with Crippen molar-refractivity contribution >= 4 is 22.6 Å². The Hall–Kier alpha value is -3.73. The molecule has 5 nitrogen and oxygen atoms in total. The number of carbonyl (C=O) groups is 1. The molecule has 4 aromatic rings. The Morgan fingerprint density at radius 2 is 1.97 bits per heavy atom. The van der Waals surface area contributed by atoms with Gasteiger partial charge in [-0.15, -0.1) is 6.58 Å². The number of rotatable bonds is 6. The van der Waals surface area contributed by atoms with Gasteiger partial charge in [-0.25, -0.2) is 9.97 Å². The van der Waals surface area contributed by atoms with E-state index in [9.17, 15) is 4.79 Å². The third kappa shape index (κ3) is 3.80. The lowest BCUT2D eigenvalue weighted by atomic mass is 10.0. The van der Waals surface area contributed by atoms with Crippen LogP contribution in [0.5, 0.6) is 0 Å². The van der Waals surface area contributed by atoms with Gasteiger partial charge in [-0.05, 0) is 43.2 Å². The largest absolute Gasteiger partial charge is 0.331 e. The molecule has 1 amide bonds. The number of hydrogen-bond donors (Lipinski definition) is 1. The van der Waals surface area contributed by atoms with Crippen molar-refractivity contribution in [1.82, 2.24) is 14.5 Å². The minimum atomic E-state index is -0.129. The van der Waals surface area contributed by atoms with Crippen LogP contribution in [0.4, 0.5) is 5.69 Å². The number of fused-ring (bicyclic) bond motifs is 1. The van der Waals surface area contributed by atoms with Crippen molar-refractivity contribution in [2.75, 3.05) is 5.32 Å². The van der Waals surface area contributed by atoms with Crippen LogP contribution in [-0.2, 0) is 6.54 Å². The first-order valence-corrected chi connectivity index (χ1v) is 9.55. The second kappa shape index (κ2) is 8.10. The summed E-state index contributed by atoms with van der Waals surface area (Å²) >= 11 is 0. The summed E-state index contributed by atoms with van der Waals surface area (Å²) in [5.41, 5.74) is 5.28. The van der Waals surface area contributed by atoms with Crippen molar-refractivity contribution in [3.8, 4) is 11.1 Å². The number of amides is 1. The molecule has 2 aromatic heterocycles. The molecule has 29 heavy (non-hydrogen) atoms. The molecule has 0 aliphatic carbocycles. The minimum absolute atomic E-state index is 0.129. The lowest BCUT2D eigenvalue weighted by Gasteiger charge is -2.08. The number of allylic oxidation sites excluding steroid dienone is 1. The summed E-state index contributed by atoms with van der Waals surface area (Å²) in [6, 6.07) is 17.1. The molecule has 0 saturated carbocycles. The Balaban J connectivity index is 1.72. The van der Waals surface area contributed by atoms with Crippen LogP contribution in [0.25, 0.3) is 22.2 Å². The van der Waals surface area contributed by atoms with E-state index in [1.165, 1.54) is 0 Å². The van der Waals surface area contributed by atoms with Gasteiger partial charge in [0.1, 0.15) is 12.0 Å². The zero-order valence-electron chi connectivity index (χ0n) is 16.3. The standard InChI is InChI=1S/C24H22N4O/c1-3-4-13-28-15-21(22-17(2)25-16-26-23(22)28)19-11-8-12-20(14-19)27-24(29)18-9-6-5-7-10-18/h3,5-12,14-16H,1,4,13H2,2H3,(H,27,29). The van der Waals surface area contributed by atoms with Crippen LogP contribution >= 0.6 is 0 Å². The van der Waals surface area contributed by atoms with E-state index in [-0.39, 0.29) is 5.91 Å². The van der Waals surface area contributed by atoms with E-state index in [1.54, 1.807) is 18.5 Å². The van der Waals surface area contributed by atoms with Crippen molar-refractivity contribution in [2.24, 2.45) is 0 Å². The first-order chi connectivity index (χ1) is 14.2. The third-order valence-electron chi connectivity index (χ3n) is 4.88. The van der Waals surface area contributed by atoms with Gasteiger partial charge in [-0.3, -0.25) is 4.79 Å². The molecule has 0 bridgehead atoms. The van der Waals surface area contributed by atoms with Crippen LogP contribution in [0.15, 0.2) is 79.8 Å². The zero-order valence-corrected chi connectivity index (χ0v) is 16.3. The molecule has 1 N–H and O–H groups in total. The van der Waals surface area contributed by atoms with E-state index >= 15 is 0 Å². The first-order valence-electron chi connectivity index (χ1n) is 9.55. The number of aryl methyl sites for hydroxylation is 2. The summed E-state index contributed by atoms with van der Waals surface area (Å²) in [4.78, 5) is 21.4. The number of anilines is 1. The van der Waals surface area contributed by atoms with Crippen LogP contribution in [0.2, 0.25) is 0 Å². The topological polar surface area (TPSA) is 59.8 Å². The monoisotopic (exact) mass is 382 g/mol. The zero-order chi connectivity index (χ0) is 20.2. The molecular weight excluding hydrogens is 360 g/mol. The third-order valence-corrected chi connectivity index (χ3v) is 4.88.